The Hall–Kier alpha value is -1.02. The number of para-hydroxylation sites is 1. The first-order chi connectivity index (χ1) is 10.2. The van der Waals surface area contributed by atoms with Crippen LogP contribution >= 0.6 is 0 Å². The van der Waals surface area contributed by atoms with Crippen LogP contribution in [0.3, 0.4) is 0 Å². The number of rotatable bonds is 6. The quantitative estimate of drug-likeness (QED) is 0.842. The van der Waals surface area contributed by atoms with Crippen molar-refractivity contribution in [1.29, 1.82) is 0 Å². The van der Waals surface area contributed by atoms with Gasteiger partial charge in [-0.15, -0.1) is 0 Å². The molecule has 1 N–H and O–H groups in total. The third kappa shape index (κ3) is 4.23. The SMILES string of the molecule is CCNC1CCC(C)CC1CN(CC)c1ccccc1C. The normalized spacial score (nSPS) is 25.8. The Morgan fingerprint density at radius 2 is 1.95 bits per heavy atom. The number of nitrogens with one attached hydrogen (secondary N) is 1. The van der Waals surface area contributed by atoms with E-state index in [1.807, 2.05) is 0 Å². The van der Waals surface area contributed by atoms with Gasteiger partial charge >= 0.3 is 0 Å². The van der Waals surface area contributed by atoms with Gasteiger partial charge in [-0.1, -0.05) is 32.0 Å². The van der Waals surface area contributed by atoms with Gasteiger partial charge in [0.25, 0.3) is 0 Å². The number of hydrogen-bond acceptors (Lipinski definition) is 2. The molecule has 0 bridgehead atoms. The Kier molecular flexibility index (Phi) is 6.10. The van der Waals surface area contributed by atoms with Gasteiger partial charge in [0.05, 0.1) is 0 Å². The molecule has 2 heteroatoms. The van der Waals surface area contributed by atoms with E-state index in [2.05, 4.69) is 62.2 Å². The fourth-order valence-corrected chi connectivity index (χ4v) is 3.83. The molecule has 2 rings (SSSR count). The van der Waals surface area contributed by atoms with Crippen LogP contribution in [-0.4, -0.2) is 25.7 Å². The highest BCUT2D eigenvalue weighted by atomic mass is 15.1. The van der Waals surface area contributed by atoms with Gasteiger partial charge in [0, 0.05) is 24.8 Å². The number of nitrogens with zero attached hydrogens (tertiary/aromatic N) is 1. The zero-order valence-corrected chi connectivity index (χ0v) is 14.2. The molecule has 3 unspecified atom stereocenters. The molecule has 1 aromatic carbocycles. The number of anilines is 1. The van der Waals surface area contributed by atoms with Crippen LogP contribution in [0.5, 0.6) is 0 Å². The summed E-state index contributed by atoms with van der Waals surface area (Å²) in [6, 6.07) is 9.49. The summed E-state index contributed by atoms with van der Waals surface area (Å²) < 4.78 is 0. The summed E-state index contributed by atoms with van der Waals surface area (Å²) in [5.74, 6) is 1.65. The van der Waals surface area contributed by atoms with E-state index in [4.69, 9.17) is 0 Å². The summed E-state index contributed by atoms with van der Waals surface area (Å²) >= 11 is 0. The van der Waals surface area contributed by atoms with E-state index in [0.717, 1.165) is 24.9 Å². The standard InChI is InChI=1S/C19H32N2/c1-5-20-18-12-11-15(3)13-17(18)14-21(6-2)19-10-8-7-9-16(19)4/h7-10,15,17-18,20H,5-6,11-14H2,1-4H3. The lowest BCUT2D eigenvalue weighted by Gasteiger charge is -2.39. The highest BCUT2D eigenvalue weighted by Crippen LogP contribution is 2.31. The van der Waals surface area contributed by atoms with E-state index >= 15 is 0 Å². The van der Waals surface area contributed by atoms with Crippen LogP contribution in [0.1, 0.15) is 45.6 Å². The third-order valence-electron chi connectivity index (χ3n) is 5.00. The number of benzene rings is 1. The van der Waals surface area contributed by atoms with E-state index in [1.165, 1.54) is 37.1 Å². The molecule has 0 radical (unpaired) electrons. The van der Waals surface area contributed by atoms with Crippen molar-refractivity contribution >= 4 is 5.69 Å². The molecule has 1 aliphatic carbocycles. The van der Waals surface area contributed by atoms with Crippen LogP contribution in [-0.2, 0) is 0 Å². The lowest BCUT2D eigenvalue weighted by Crippen LogP contribution is -2.45. The molecule has 0 aliphatic heterocycles. The van der Waals surface area contributed by atoms with Gasteiger partial charge in [-0.05, 0) is 63.1 Å². The molecule has 0 aromatic heterocycles. The second-order valence-electron chi connectivity index (χ2n) is 6.67. The van der Waals surface area contributed by atoms with Crippen LogP contribution in [0, 0.1) is 18.8 Å². The van der Waals surface area contributed by atoms with Crippen molar-refractivity contribution in [2.75, 3.05) is 24.5 Å². The molecule has 0 saturated heterocycles. The molecule has 0 spiro atoms. The van der Waals surface area contributed by atoms with Crippen molar-refractivity contribution < 1.29 is 0 Å². The van der Waals surface area contributed by atoms with E-state index in [0.29, 0.717) is 6.04 Å². The zero-order valence-electron chi connectivity index (χ0n) is 14.2. The van der Waals surface area contributed by atoms with Crippen LogP contribution in [0.4, 0.5) is 5.69 Å². The Morgan fingerprint density at radius 1 is 1.19 bits per heavy atom. The van der Waals surface area contributed by atoms with Crippen molar-refractivity contribution in [3.05, 3.63) is 29.8 Å². The smallest absolute Gasteiger partial charge is 0.0395 e. The molecular weight excluding hydrogens is 256 g/mol. The lowest BCUT2D eigenvalue weighted by molar-refractivity contribution is 0.218. The fraction of sp³-hybridized carbons (Fsp3) is 0.684. The summed E-state index contributed by atoms with van der Waals surface area (Å²) in [5.41, 5.74) is 2.80. The summed E-state index contributed by atoms with van der Waals surface area (Å²) in [7, 11) is 0. The summed E-state index contributed by atoms with van der Waals surface area (Å²) in [5, 5.41) is 3.72. The Bertz CT molecular complexity index is 429. The summed E-state index contributed by atoms with van der Waals surface area (Å²) in [6.07, 6.45) is 4.08. The van der Waals surface area contributed by atoms with Crippen molar-refractivity contribution in [1.82, 2.24) is 5.32 Å². The van der Waals surface area contributed by atoms with Crippen molar-refractivity contribution in [3.8, 4) is 0 Å². The fourth-order valence-electron chi connectivity index (χ4n) is 3.83. The molecule has 1 aliphatic rings. The van der Waals surface area contributed by atoms with Gasteiger partial charge in [0.2, 0.25) is 0 Å². The largest absolute Gasteiger partial charge is 0.371 e. The predicted molar refractivity (Wildman–Crippen MR) is 93.0 cm³/mol. The first-order valence-electron chi connectivity index (χ1n) is 8.69. The minimum atomic E-state index is 0.698. The van der Waals surface area contributed by atoms with Crippen LogP contribution in [0.25, 0.3) is 0 Å². The second kappa shape index (κ2) is 7.84. The molecule has 0 heterocycles. The second-order valence-corrected chi connectivity index (χ2v) is 6.67. The molecule has 0 amide bonds. The first kappa shape index (κ1) is 16.4. The van der Waals surface area contributed by atoms with Gasteiger partial charge in [0.15, 0.2) is 0 Å². The maximum absolute atomic E-state index is 3.72. The highest BCUT2D eigenvalue weighted by Gasteiger charge is 2.29. The molecule has 1 fully saturated rings. The molecular formula is C19H32N2. The van der Waals surface area contributed by atoms with E-state index < -0.39 is 0 Å². The number of aryl methyl sites for hydroxylation is 1. The van der Waals surface area contributed by atoms with E-state index in [-0.39, 0.29) is 0 Å². The molecule has 1 aromatic rings. The molecule has 118 valence electrons. The molecule has 1 saturated carbocycles. The average molecular weight is 288 g/mol. The maximum atomic E-state index is 3.72. The lowest BCUT2D eigenvalue weighted by atomic mass is 9.78. The van der Waals surface area contributed by atoms with Gasteiger partial charge in [0.1, 0.15) is 0 Å². The monoisotopic (exact) mass is 288 g/mol. The van der Waals surface area contributed by atoms with Gasteiger partial charge in [-0.25, -0.2) is 0 Å². The first-order valence-corrected chi connectivity index (χ1v) is 8.69. The van der Waals surface area contributed by atoms with Crippen molar-refractivity contribution in [2.24, 2.45) is 11.8 Å². The van der Waals surface area contributed by atoms with Crippen LogP contribution < -0.4 is 10.2 Å². The minimum absolute atomic E-state index is 0.698. The summed E-state index contributed by atoms with van der Waals surface area (Å²) in [6.45, 7) is 12.5. The van der Waals surface area contributed by atoms with Gasteiger partial charge < -0.3 is 10.2 Å². The van der Waals surface area contributed by atoms with E-state index in [1.54, 1.807) is 0 Å². The number of hydrogen-bond donors (Lipinski definition) is 1. The predicted octanol–water partition coefficient (Wildman–Crippen LogP) is 4.24. The third-order valence-corrected chi connectivity index (χ3v) is 5.00. The molecule has 3 atom stereocenters. The zero-order chi connectivity index (χ0) is 15.2. The molecule has 21 heavy (non-hydrogen) atoms. The Balaban J connectivity index is 2.10. The average Bonchev–Trinajstić information content (AvgIpc) is 2.48. The van der Waals surface area contributed by atoms with Gasteiger partial charge in [-0.2, -0.15) is 0 Å². The van der Waals surface area contributed by atoms with Gasteiger partial charge in [-0.3, -0.25) is 0 Å². The topological polar surface area (TPSA) is 15.3 Å². The minimum Gasteiger partial charge on any atom is -0.371 e. The molecule has 2 nitrogen and oxygen atoms in total. The Morgan fingerprint density at radius 3 is 2.62 bits per heavy atom. The van der Waals surface area contributed by atoms with Crippen molar-refractivity contribution in [2.45, 2.75) is 53.0 Å². The highest BCUT2D eigenvalue weighted by molar-refractivity contribution is 5.52. The Labute approximate surface area is 130 Å². The van der Waals surface area contributed by atoms with E-state index in [9.17, 15) is 0 Å². The summed E-state index contributed by atoms with van der Waals surface area (Å²) in [4.78, 5) is 2.57. The van der Waals surface area contributed by atoms with Crippen LogP contribution in [0.2, 0.25) is 0 Å². The maximum Gasteiger partial charge on any atom is 0.0395 e. The van der Waals surface area contributed by atoms with Crippen molar-refractivity contribution in [3.63, 3.8) is 0 Å². The van der Waals surface area contributed by atoms with Crippen LogP contribution in [0.15, 0.2) is 24.3 Å².